The van der Waals surface area contributed by atoms with Crippen molar-refractivity contribution in [3.63, 3.8) is 0 Å². The Morgan fingerprint density at radius 3 is 3.31 bits per heavy atom. The van der Waals surface area contributed by atoms with E-state index in [0.29, 0.717) is 0 Å². The first-order valence-electron chi connectivity index (χ1n) is 5.50. The topological polar surface area (TPSA) is 32.3 Å². The molecule has 0 spiro atoms. The second-order valence-electron chi connectivity index (χ2n) is 4.15. The summed E-state index contributed by atoms with van der Waals surface area (Å²) in [6.45, 7) is 1.69. The van der Waals surface area contributed by atoms with E-state index in [0.717, 1.165) is 31.1 Å². The van der Waals surface area contributed by atoms with Crippen LogP contribution in [0.25, 0.3) is 0 Å². The molecule has 2 aliphatic heterocycles. The van der Waals surface area contributed by atoms with E-state index >= 15 is 0 Å². The monoisotopic (exact) mass is 254 g/mol. The Morgan fingerprint density at radius 1 is 1.56 bits per heavy atom. The van der Waals surface area contributed by atoms with E-state index in [2.05, 4.69) is 16.8 Å². The predicted molar refractivity (Wildman–Crippen MR) is 67.7 cm³/mol. The molecule has 16 heavy (non-hydrogen) atoms. The number of hydrogen-bond donors (Lipinski definition) is 1. The van der Waals surface area contributed by atoms with Crippen molar-refractivity contribution in [3.8, 4) is 0 Å². The van der Waals surface area contributed by atoms with Gasteiger partial charge in [-0.1, -0.05) is 0 Å². The molecule has 3 nitrogen and oxygen atoms in total. The molecule has 0 aliphatic carbocycles. The van der Waals surface area contributed by atoms with Gasteiger partial charge in [-0.15, -0.1) is 23.1 Å². The van der Waals surface area contributed by atoms with Crippen LogP contribution in [0.4, 0.5) is 0 Å². The van der Waals surface area contributed by atoms with Crippen LogP contribution in [0.5, 0.6) is 0 Å². The minimum absolute atomic E-state index is 0.0465. The first-order chi connectivity index (χ1) is 7.84. The Labute approximate surface area is 103 Å². The molecule has 0 bridgehead atoms. The van der Waals surface area contributed by atoms with Gasteiger partial charge in [0, 0.05) is 29.6 Å². The van der Waals surface area contributed by atoms with Crippen molar-refractivity contribution < 1.29 is 4.79 Å². The molecule has 1 N–H and O–H groups in total. The number of thioether (sulfide) groups is 1. The minimum Gasteiger partial charge on any atom is -0.337 e. The van der Waals surface area contributed by atoms with Gasteiger partial charge in [0.05, 0.1) is 6.04 Å². The molecule has 3 heterocycles. The third kappa shape index (κ3) is 1.87. The summed E-state index contributed by atoms with van der Waals surface area (Å²) in [5.41, 5.74) is 1.34. The molecule has 1 atom stereocenters. The van der Waals surface area contributed by atoms with Crippen LogP contribution in [0.15, 0.2) is 11.4 Å². The number of hydrogen-bond acceptors (Lipinski definition) is 4. The first kappa shape index (κ1) is 10.6. The normalized spacial score (nSPS) is 24.5. The lowest BCUT2D eigenvalue weighted by atomic mass is 10.1. The van der Waals surface area contributed by atoms with E-state index in [9.17, 15) is 4.79 Å². The van der Waals surface area contributed by atoms with E-state index in [1.165, 1.54) is 10.4 Å². The molecule has 86 valence electrons. The summed E-state index contributed by atoms with van der Waals surface area (Å²) < 4.78 is 0. The summed E-state index contributed by atoms with van der Waals surface area (Å²) in [5.74, 6) is 2.11. The van der Waals surface area contributed by atoms with E-state index in [1.807, 2.05) is 16.2 Å². The van der Waals surface area contributed by atoms with E-state index in [1.54, 1.807) is 11.8 Å². The molecule has 0 aromatic carbocycles. The predicted octanol–water partition coefficient (Wildman–Crippen LogP) is 1.30. The summed E-state index contributed by atoms with van der Waals surface area (Å²) >= 11 is 3.62. The van der Waals surface area contributed by atoms with Gasteiger partial charge in [0.2, 0.25) is 5.91 Å². The second-order valence-corrected chi connectivity index (χ2v) is 6.18. The summed E-state index contributed by atoms with van der Waals surface area (Å²) in [4.78, 5) is 15.6. The summed E-state index contributed by atoms with van der Waals surface area (Å²) in [6.07, 6.45) is 1.03. The van der Waals surface area contributed by atoms with Gasteiger partial charge < -0.3 is 4.90 Å². The molecule has 3 rings (SSSR count). The number of thiophene rings is 1. The zero-order chi connectivity index (χ0) is 11.0. The molecule has 0 radical (unpaired) electrons. The Bertz CT molecular complexity index is 398. The van der Waals surface area contributed by atoms with Gasteiger partial charge in [0.25, 0.3) is 0 Å². The number of carbonyl (C=O) groups is 1. The van der Waals surface area contributed by atoms with Gasteiger partial charge in [-0.2, -0.15) is 0 Å². The van der Waals surface area contributed by atoms with Crippen LogP contribution in [-0.4, -0.2) is 35.0 Å². The number of fused-ring (bicyclic) bond motifs is 1. The van der Waals surface area contributed by atoms with Crippen molar-refractivity contribution in [1.82, 2.24) is 10.2 Å². The van der Waals surface area contributed by atoms with Crippen LogP contribution in [0.1, 0.15) is 10.4 Å². The lowest BCUT2D eigenvalue weighted by Gasteiger charge is -2.29. The average molecular weight is 254 g/mol. The van der Waals surface area contributed by atoms with Crippen molar-refractivity contribution >= 4 is 29.0 Å². The van der Waals surface area contributed by atoms with Crippen LogP contribution < -0.4 is 5.32 Å². The van der Waals surface area contributed by atoms with E-state index in [4.69, 9.17) is 0 Å². The van der Waals surface area contributed by atoms with Crippen LogP contribution in [0, 0.1) is 0 Å². The Morgan fingerprint density at radius 2 is 2.50 bits per heavy atom. The molecular weight excluding hydrogens is 240 g/mol. The highest BCUT2D eigenvalue weighted by molar-refractivity contribution is 7.99. The molecular formula is C11H14N2OS2. The maximum atomic E-state index is 12.2. The second kappa shape index (κ2) is 4.39. The third-order valence-corrected chi connectivity index (χ3v) is 5.10. The van der Waals surface area contributed by atoms with Gasteiger partial charge in [0.1, 0.15) is 0 Å². The van der Waals surface area contributed by atoms with Crippen LogP contribution >= 0.6 is 23.1 Å². The van der Waals surface area contributed by atoms with Crippen LogP contribution in [-0.2, 0) is 17.8 Å². The highest BCUT2D eigenvalue weighted by atomic mass is 32.2. The zero-order valence-electron chi connectivity index (χ0n) is 8.94. The zero-order valence-corrected chi connectivity index (χ0v) is 10.6. The molecule has 1 saturated heterocycles. The Hall–Kier alpha value is -0.520. The number of rotatable bonds is 1. The highest BCUT2D eigenvalue weighted by Gasteiger charge is 2.29. The van der Waals surface area contributed by atoms with Gasteiger partial charge in [-0.05, 0) is 23.4 Å². The quantitative estimate of drug-likeness (QED) is 0.820. The minimum atomic E-state index is 0.0465. The maximum absolute atomic E-state index is 12.2. The molecule has 2 aliphatic rings. The van der Waals surface area contributed by atoms with Gasteiger partial charge in [-0.25, -0.2) is 0 Å². The molecule has 1 aromatic rings. The fourth-order valence-electron chi connectivity index (χ4n) is 2.21. The molecule has 1 amide bonds. The highest BCUT2D eigenvalue weighted by Crippen LogP contribution is 2.25. The number of carbonyl (C=O) groups excluding carboxylic acids is 1. The van der Waals surface area contributed by atoms with Crippen LogP contribution in [0.3, 0.4) is 0 Å². The summed E-state index contributed by atoms with van der Waals surface area (Å²) in [7, 11) is 0. The fourth-order valence-corrected chi connectivity index (χ4v) is 4.03. The summed E-state index contributed by atoms with van der Waals surface area (Å²) in [5, 5.41) is 5.37. The molecule has 1 unspecified atom stereocenters. The number of nitrogens with one attached hydrogen (secondary N) is 1. The first-order valence-corrected chi connectivity index (χ1v) is 7.53. The standard InChI is InChI=1S/C11H14N2OS2/c14-11(9-6-15-7-12-9)13-3-1-10-8(5-13)2-4-16-10/h2,4,9,12H,1,3,5-7H2. The van der Waals surface area contributed by atoms with Crippen molar-refractivity contribution in [1.29, 1.82) is 0 Å². The van der Waals surface area contributed by atoms with Crippen molar-refractivity contribution in [2.45, 2.75) is 19.0 Å². The van der Waals surface area contributed by atoms with E-state index in [-0.39, 0.29) is 11.9 Å². The van der Waals surface area contributed by atoms with Crippen molar-refractivity contribution in [2.75, 3.05) is 18.2 Å². The van der Waals surface area contributed by atoms with Gasteiger partial charge >= 0.3 is 0 Å². The molecule has 1 aromatic heterocycles. The van der Waals surface area contributed by atoms with Crippen LogP contribution in [0.2, 0.25) is 0 Å². The Balaban J connectivity index is 1.71. The summed E-state index contributed by atoms with van der Waals surface area (Å²) in [6, 6.07) is 2.20. The van der Waals surface area contributed by atoms with Gasteiger partial charge in [0.15, 0.2) is 0 Å². The molecule has 1 fully saturated rings. The number of amides is 1. The lowest BCUT2D eigenvalue weighted by Crippen LogP contribution is -2.46. The maximum Gasteiger partial charge on any atom is 0.240 e. The SMILES string of the molecule is O=C(C1CSCN1)N1CCc2sccc2C1. The lowest BCUT2D eigenvalue weighted by molar-refractivity contribution is -0.133. The number of nitrogens with zero attached hydrogens (tertiary/aromatic N) is 1. The average Bonchev–Trinajstić information content (AvgIpc) is 2.98. The van der Waals surface area contributed by atoms with Gasteiger partial charge in [-0.3, -0.25) is 10.1 Å². The molecule has 5 heteroatoms. The smallest absolute Gasteiger partial charge is 0.240 e. The Kier molecular flexibility index (Phi) is 2.91. The fraction of sp³-hybridized carbons (Fsp3) is 0.545. The molecule has 0 saturated carbocycles. The van der Waals surface area contributed by atoms with E-state index < -0.39 is 0 Å². The third-order valence-electron chi connectivity index (χ3n) is 3.13. The van der Waals surface area contributed by atoms with Crippen molar-refractivity contribution in [3.05, 3.63) is 21.9 Å². The van der Waals surface area contributed by atoms with Crippen molar-refractivity contribution in [2.24, 2.45) is 0 Å². The largest absolute Gasteiger partial charge is 0.337 e.